The minimum Gasteiger partial charge on any atom is -0.495 e. The van der Waals surface area contributed by atoms with E-state index in [1.165, 1.54) is 18.4 Å². The van der Waals surface area contributed by atoms with Gasteiger partial charge in [0.15, 0.2) is 0 Å². The Labute approximate surface area is 126 Å². The van der Waals surface area contributed by atoms with E-state index in [9.17, 15) is 0 Å². The van der Waals surface area contributed by atoms with Crippen molar-refractivity contribution in [2.24, 2.45) is 5.92 Å². The molecule has 112 valence electrons. The first-order valence-corrected chi connectivity index (χ1v) is 7.77. The van der Waals surface area contributed by atoms with Crippen LogP contribution in [0.4, 0.5) is 0 Å². The predicted molar refractivity (Wildman–Crippen MR) is 82.6 cm³/mol. The maximum Gasteiger partial charge on any atom is 0.137 e. The first-order valence-electron chi connectivity index (χ1n) is 7.39. The molecule has 1 fully saturated rings. The Morgan fingerprint density at radius 1 is 1.35 bits per heavy atom. The van der Waals surface area contributed by atoms with Crippen LogP contribution in [0.2, 0.25) is 5.02 Å². The number of hydrogen-bond acceptors (Lipinski definition) is 3. The van der Waals surface area contributed by atoms with Gasteiger partial charge in [-0.15, -0.1) is 0 Å². The molecule has 1 aromatic carbocycles. The summed E-state index contributed by atoms with van der Waals surface area (Å²) in [6, 6.07) is 6.17. The van der Waals surface area contributed by atoms with E-state index in [1.54, 1.807) is 7.11 Å². The second kappa shape index (κ2) is 7.30. The molecule has 4 heteroatoms. The van der Waals surface area contributed by atoms with E-state index >= 15 is 0 Å². The Kier molecular flexibility index (Phi) is 5.70. The first kappa shape index (κ1) is 15.6. The van der Waals surface area contributed by atoms with Crippen molar-refractivity contribution in [3.8, 4) is 5.75 Å². The van der Waals surface area contributed by atoms with Crippen LogP contribution in [0.3, 0.4) is 0 Å². The predicted octanol–water partition coefficient (Wildman–Crippen LogP) is 3.81. The highest BCUT2D eigenvalue weighted by atomic mass is 35.5. The van der Waals surface area contributed by atoms with Crippen LogP contribution < -0.4 is 10.1 Å². The van der Waals surface area contributed by atoms with Crippen molar-refractivity contribution in [2.45, 2.75) is 38.8 Å². The van der Waals surface area contributed by atoms with E-state index in [-0.39, 0.29) is 12.1 Å². The molecule has 2 unspecified atom stereocenters. The lowest BCUT2D eigenvalue weighted by Gasteiger charge is -2.28. The zero-order valence-corrected chi connectivity index (χ0v) is 13.2. The van der Waals surface area contributed by atoms with Gasteiger partial charge < -0.3 is 14.8 Å². The maximum absolute atomic E-state index is 6.12. The van der Waals surface area contributed by atoms with Crippen molar-refractivity contribution >= 4 is 11.6 Å². The molecule has 1 aliphatic carbocycles. The zero-order chi connectivity index (χ0) is 14.5. The molecule has 0 heterocycles. The smallest absolute Gasteiger partial charge is 0.137 e. The molecule has 0 aromatic heterocycles. The van der Waals surface area contributed by atoms with Crippen molar-refractivity contribution in [1.82, 2.24) is 5.32 Å². The number of likely N-dealkylation sites (N-methyl/N-ethyl adjacent to an activating group) is 1. The van der Waals surface area contributed by atoms with E-state index in [0.29, 0.717) is 10.9 Å². The molecule has 3 nitrogen and oxygen atoms in total. The average Bonchev–Trinajstić information content (AvgIpc) is 3.28. The molecule has 0 aliphatic heterocycles. The second-order valence-electron chi connectivity index (χ2n) is 5.19. The van der Waals surface area contributed by atoms with Gasteiger partial charge in [-0.2, -0.15) is 0 Å². The highest BCUT2D eigenvalue weighted by molar-refractivity contribution is 6.32. The summed E-state index contributed by atoms with van der Waals surface area (Å²) in [5.74, 6) is 1.39. The van der Waals surface area contributed by atoms with E-state index in [0.717, 1.165) is 18.9 Å². The normalized spacial score (nSPS) is 17.8. The van der Waals surface area contributed by atoms with E-state index in [2.05, 4.69) is 25.2 Å². The molecule has 20 heavy (non-hydrogen) atoms. The third kappa shape index (κ3) is 3.66. The monoisotopic (exact) mass is 297 g/mol. The summed E-state index contributed by atoms with van der Waals surface area (Å²) in [6.45, 7) is 5.83. The second-order valence-corrected chi connectivity index (χ2v) is 5.59. The Hall–Kier alpha value is -0.770. The summed E-state index contributed by atoms with van der Waals surface area (Å²) >= 11 is 6.12. The van der Waals surface area contributed by atoms with Crippen LogP contribution in [-0.4, -0.2) is 26.4 Å². The number of nitrogens with one attached hydrogen (secondary N) is 1. The number of methoxy groups -OCH3 is 1. The summed E-state index contributed by atoms with van der Waals surface area (Å²) in [7, 11) is 1.65. The van der Waals surface area contributed by atoms with E-state index in [1.807, 2.05) is 12.1 Å². The summed E-state index contributed by atoms with van der Waals surface area (Å²) in [5, 5.41) is 4.20. The standard InChI is InChI=1S/C16H24ClNO2/c1-4-18-15(16(20-5-2)11-6-7-11)12-8-9-13(17)14(10-12)19-3/h8-11,15-16,18H,4-7H2,1-3H3. The average molecular weight is 298 g/mol. The van der Waals surface area contributed by atoms with Crippen LogP contribution in [-0.2, 0) is 4.74 Å². The molecule has 1 aliphatic rings. The third-order valence-electron chi connectivity index (χ3n) is 3.73. The Bertz CT molecular complexity index is 434. The third-order valence-corrected chi connectivity index (χ3v) is 4.04. The highest BCUT2D eigenvalue weighted by Crippen LogP contribution is 2.41. The lowest BCUT2D eigenvalue weighted by Crippen LogP contribution is -2.35. The summed E-state index contributed by atoms with van der Waals surface area (Å²) in [4.78, 5) is 0. The Balaban J connectivity index is 2.26. The van der Waals surface area contributed by atoms with Crippen molar-refractivity contribution in [3.63, 3.8) is 0 Å². The fraction of sp³-hybridized carbons (Fsp3) is 0.625. The van der Waals surface area contributed by atoms with Crippen LogP contribution in [0.15, 0.2) is 18.2 Å². The SMILES string of the molecule is CCNC(c1ccc(Cl)c(OC)c1)C(OCC)C1CC1. The number of benzene rings is 1. The molecule has 0 bridgehead atoms. The minimum atomic E-state index is 0.193. The lowest BCUT2D eigenvalue weighted by atomic mass is 9.97. The molecule has 1 saturated carbocycles. The summed E-state index contributed by atoms with van der Waals surface area (Å²) in [6.07, 6.45) is 2.75. The van der Waals surface area contributed by atoms with Crippen LogP contribution in [0, 0.1) is 5.92 Å². The number of ether oxygens (including phenoxy) is 2. The van der Waals surface area contributed by atoms with Crippen LogP contribution in [0.25, 0.3) is 0 Å². The van der Waals surface area contributed by atoms with Gasteiger partial charge in [0.2, 0.25) is 0 Å². The van der Waals surface area contributed by atoms with Crippen molar-refractivity contribution in [3.05, 3.63) is 28.8 Å². The quantitative estimate of drug-likeness (QED) is 0.791. The number of halogens is 1. The fourth-order valence-electron chi connectivity index (χ4n) is 2.64. The van der Waals surface area contributed by atoms with Crippen molar-refractivity contribution in [2.75, 3.05) is 20.3 Å². The van der Waals surface area contributed by atoms with Gasteiger partial charge >= 0.3 is 0 Å². The maximum atomic E-state index is 6.12. The van der Waals surface area contributed by atoms with Crippen molar-refractivity contribution in [1.29, 1.82) is 0 Å². The summed E-state index contributed by atoms with van der Waals surface area (Å²) < 4.78 is 11.3. The number of hydrogen-bond donors (Lipinski definition) is 1. The molecule has 1 N–H and O–H groups in total. The number of rotatable bonds is 8. The van der Waals surface area contributed by atoms with Gasteiger partial charge in [0.25, 0.3) is 0 Å². The van der Waals surface area contributed by atoms with Gasteiger partial charge in [-0.1, -0.05) is 24.6 Å². The molecule has 0 radical (unpaired) electrons. The Morgan fingerprint density at radius 3 is 2.65 bits per heavy atom. The molecule has 2 rings (SSSR count). The van der Waals surface area contributed by atoms with Gasteiger partial charge in [0, 0.05) is 6.61 Å². The topological polar surface area (TPSA) is 30.5 Å². The molecular weight excluding hydrogens is 274 g/mol. The van der Waals surface area contributed by atoms with Crippen LogP contribution >= 0.6 is 11.6 Å². The van der Waals surface area contributed by atoms with Gasteiger partial charge in [0.05, 0.1) is 24.3 Å². The van der Waals surface area contributed by atoms with E-state index in [4.69, 9.17) is 21.1 Å². The van der Waals surface area contributed by atoms with Crippen LogP contribution in [0.5, 0.6) is 5.75 Å². The lowest BCUT2D eigenvalue weighted by molar-refractivity contribution is 0.0189. The summed E-state index contributed by atoms with van der Waals surface area (Å²) in [5.41, 5.74) is 1.18. The van der Waals surface area contributed by atoms with E-state index < -0.39 is 0 Å². The fourth-order valence-corrected chi connectivity index (χ4v) is 2.83. The highest BCUT2D eigenvalue weighted by Gasteiger charge is 2.37. The molecule has 1 aromatic rings. The minimum absolute atomic E-state index is 0.193. The van der Waals surface area contributed by atoms with Gasteiger partial charge in [-0.05, 0) is 49.9 Å². The first-order chi connectivity index (χ1) is 9.71. The molecule has 0 saturated heterocycles. The molecular formula is C16H24ClNO2. The Morgan fingerprint density at radius 2 is 2.10 bits per heavy atom. The van der Waals surface area contributed by atoms with Gasteiger partial charge in [0.1, 0.15) is 5.75 Å². The molecule has 0 spiro atoms. The van der Waals surface area contributed by atoms with Gasteiger partial charge in [-0.3, -0.25) is 0 Å². The molecule has 0 amide bonds. The largest absolute Gasteiger partial charge is 0.495 e. The van der Waals surface area contributed by atoms with Crippen LogP contribution in [0.1, 0.15) is 38.3 Å². The molecule has 2 atom stereocenters. The van der Waals surface area contributed by atoms with Crippen molar-refractivity contribution < 1.29 is 9.47 Å². The van der Waals surface area contributed by atoms with Gasteiger partial charge in [-0.25, -0.2) is 0 Å². The zero-order valence-electron chi connectivity index (χ0n) is 12.5.